The molecule has 0 aromatic carbocycles. The van der Waals surface area contributed by atoms with Gasteiger partial charge in [-0.05, 0) is 69.1 Å². The Morgan fingerprint density at radius 3 is 2.60 bits per heavy atom. The van der Waals surface area contributed by atoms with Gasteiger partial charge in [-0.15, -0.1) is 0 Å². The third-order valence-electron chi connectivity index (χ3n) is 5.67. The fourth-order valence-electron chi connectivity index (χ4n) is 4.02. The van der Waals surface area contributed by atoms with Gasteiger partial charge in [-0.25, -0.2) is 0 Å². The normalized spacial score (nSPS) is 35.5. The molecule has 20 heavy (non-hydrogen) atoms. The standard InChI is InChI=1S/C18H30O2/c1-12(6-5-7-13(2)19)8-9-16-15-10-14(15)11-17(20)18(16,3)4/h6,14-17,20H,5,7-11H2,1-4H3/b12-6+/t14-,15-,16-,17+/m1/s1. The number of hydrogen-bond acceptors (Lipinski definition) is 2. The number of allylic oxidation sites excluding steroid dienone is 2. The summed E-state index contributed by atoms with van der Waals surface area (Å²) in [7, 11) is 0. The van der Waals surface area contributed by atoms with E-state index in [-0.39, 0.29) is 17.3 Å². The molecular weight excluding hydrogens is 248 g/mol. The zero-order valence-electron chi connectivity index (χ0n) is 13.5. The first kappa shape index (κ1) is 15.8. The Bertz CT molecular complexity index is 394. The Morgan fingerprint density at radius 2 is 1.95 bits per heavy atom. The van der Waals surface area contributed by atoms with Gasteiger partial charge in [-0.3, -0.25) is 0 Å². The highest BCUT2D eigenvalue weighted by atomic mass is 16.3. The van der Waals surface area contributed by atoms with Gasteiger partial charge in [0.05, 0.1) is 6.10 Å². The van der Waals surface area contributed by atoms with Crippen molar-refractivity contribution in [3.05, 3.63) is 11.6 Å². The van der Waals surface area contributed by atoms with E-state index in [0.717, 1.165) is 31.1 Å². The molecule has 2 rings (SSSR count). The molecule has 2 fully saturated rings. The summed E-state index contributed by atoms with van der Waals surface area (Å²) in [5, 5.41) is 10.3. The number of fused-ring (bicyclic) bond motifs is 1. The van der Waals surface area contributed by atoms with Gasteiger partial charge in [0.25, 0.3) is 0 Å². The van der Waals surface area contributed by atoms with Crippen LogP contribution in [0.5, 0.6) is 0 Å². The van der Waals surface area contributed by atoms with Crippen molar-refractivity contribution in [1.29, 1.82) is 0 Å². The van der Waals surface area contributed by atoms with Gasteiger partial charge in [0.15, 0.2) is 0 Å². The van der Waals surface area contributed by atoms with Crippen molar-refractivity contribution in [2.45, 2.75) is 72.3 Å². The molecule has 0 unspecified atom stereocenters. The van der Waals surface area contributed by atoms with E-state index in [1.54, 1.807) is 6.92 Å². The lowest BCUT2D eigenvalue weighted by Gasteiger charge is -2.42. The highest BCUT2D eigenvalue weighted by Crippen LogP contribution is 2.60. The van der Waals surface area contributed by atoms with Crippen LogP contribution in [-0.4, -0.2) is 17.0 Å². The number of rotatable bonds is 6. The largest absolute Gasteiger partial charge is 0.393 e. The van der Waals surface area contributed by atoms with Gasteiger partial charge in [0, 0.05) is 6.42 Å². The molecule has 2 aliphatic rings. The maximum Gasteiger partial charge on any atom is 0.130 e. The Morgan fingerprint density at radius 1 is 1.25 bits per heavy atom. The summed E-state index contributed by atoms with van der Waals surface area (Å²) in [6.07, 6.45) is 8.28. The molecule has 4 atom stereocenters. The number of ketones is 1. The smallest absolute Gasteiger partial charge is 0.130 e. The van der Waals surface area contributed by atoms with Crippen LogP contribution in [0.1, 0.15) is 66.2 Å². The quantitative estimate of drug-likeness (QED) is 0.742. The molecule has 0 radical (unpaired) electrons. The molecule has 114 valence electrons. The van der Waals surface area contributed by atoms with Crippen LogP contribution in [-0.2, 0) is 4.79 Å². The summed E-state index contributed by atoms with van der Waals surface area (Å²) in [6.45, 7) is 8.32. The Balaban J connectivity index is 1.85. The van der Waals surface area contributed by atoms with E-state index < -0.39 is 0 Å². The topological polar surface area (TPSA) is 37.3 Å². The van der Waals surface area contributed by atoms with Crippen LogP contribution < -0.4 is 0 Å². The first-order chi connectivity index (χ1) is 9.32. The summed E-state index contributed by atoms with van der Waals surface area (Å²) >= 11 is 0. The maximum atomic E-state index is 10.9. The van der Waals surface area contributed by atoms with Crippen molar-refractivity contribution in [3.63, 3.8) is 0 Å². The average molecular weight is 278 g/mol. The lowest BCUT2D eigenvalue weighted by Crippen LogP contribution is -2.41. The summed E-state index contributed by atoms with van der Waals surface area (Å²) in [6, 6.07) is 0. The van der Waals surface area contributed by atoms with E-state index in [4.69, 9.17) is 0 Å². The number of Topliss-reactive ketones (excluding diaryl/α,β-unsaturated/α-hetero) is 1. The van der Waals surface area contributed by atoms with Gasteiger partial charge < -0.3 is 9.90 Å². The Kier molecular flexibility index (Phi) is 4.73. The third-order valence-corrected chi connectivity index (χ3v) is 5.67. The van der Waals surface area contributed by atoms with E-state index >= 15 is 0 Å². The minimum absolute atomic E-state index is 0.0668. The molecule has 0 aliphatic heterocycles. The van der Waals surface area contributed by atoms with Crippen LogP contribution in [0.4, 0.5) is 0 Å². The van der Waals surface area contributed by atoms with Crippen LogP contribution in [0.25, 0.3) is 0 Å². The van der Waals surface area contributed by atoms with Gasteiger partial charge in [-0.2, -0.15) is 0 Å². The summed E-state index contributed by atoms with van der Waals surface area (Å²) in [4.78, 5) is 10.9. The summed E-state index contributed by atoms with van der Waals surface area (Å²) < 4.78 is 0. The van der Waals surface area contributed by atoms with Crippen molar-refractivity contribution in [3.8, 4) is 0 Å². The molecular formula is C18H30O2. The summed E-state index contributed by atoms with van der Waals surface area (Å²) in [5.41, 5.74) is 1.47. The first-order valence-electron chi connectivity index (χ1n) is 8.15. The summed E-state index contributed by atoms with van der Waals surface area (Å²) in [5.74, 6) is 2.59. The van der Waals surface area contributed by atoms with Gasteiger partial charge in [0.1, 0.15) is 5.78 Å². The molecule has 0 saturated heterocycles. The lowest BCUT2D eigenvalue weighted by atomic mass is 9.65. The molecule has 0 bridgehead atoms. The third kappa shape index (κ3) is 3.52. The molecule has 0 amide bonds. The second-order valence-corrected chi connectivity index (χ2v) is 7.67. The second kappa shape index (κ2) is 6.01. The molecule has 2 nitrogen and oxygen atoms in total. The van der Waals surface area contributed by atoms with Crippen molar-refractivity contribution in [2.75, 3.05) is 0 Å². The van der Waals surface area contributed by atoms with Crippen molar-refractivity contribution >= 4 is 5.78 Å². The fourth-order valence-corrected chi connectivity index (χ4v) is 4.02. The van der Waals surface area contributed by atoms with Crippen LogP contribution in [0.15, 0.2) is 11.6 Å². The first-order valence-corrected chi connectivity index (χ1v) is 8.15. The number of aliphatic hydroxyl groups excluding tert-OH is 1. The highest BCUT2D eigenvalue weighted by Gasteiger charge is 2.55. The number of carbonyl (C=O) groups is 1. The minimum atomic E-state index is -0.127. The van der Waals surface area contributed by atoms with Gasteiger partial charge in [0.2, 0.25) is 0 Å². The molecule has 2 heteroatoms. The number of hydrogen-bond donors (Lipinski definition) is 1. The van der Waals surface area contributed by atoms with Crippen molar-refractivity contribution in [1.82, 2.24) is 0 Å². The number of aliphatic hydroxyl groups is 1. The fraction of sp³-hybridized carbons (Fsp3) is 0.833. The average Bonchev–Trinajstić information content (AvgIpc) is 3.07. The molecule has 0 spiro atoms. The highest BCUT2D eigenvalue weighted by molar-refractivity contribution is 5.75. The zero-order chi connectivity index (χ0) is 14.9. The molecule has 0 heterocycles. The van der Waals surface area contributed by atoms with Crippen molar-refractivity contribution < 1.29 is 9.90 Å². The van der Waals surface area contributed by atoms with Gasteiger partial charge >= 0.3 is 0 Å². The van der Waals surface area contributed by atoms with E-state index in [9.17, 15) is 9.90 Å². The molecule has 2 saturated carbocycles. The van der Waals surface area contributed by atoms with E-state index in [1.165, 1.54) is 18.4 Å². The SMILES string of the molecule is CC(=O)CC/C=C(\C)CC[C@@H]1[C@@H]2C[C@@H]2C[C@H](O)C1(C)C. The van der Waals surface area contributed by atoms with Crippen molar-refractivity contribution in [2.24, 2.45) is 23.2 Å². The monoisotopic (exact) mass is 278 g/mol. The zero-order valence-corrected chi connectivity index (χ0v) is 13.5. The van der Waals surface area contributed by atoms with Crippen LogP contribution in [0, 0.1) is 23.2 Å². The molecule has 2 aliphatic carbocycles. The predicted octanol–water partition coefficient (Wildman–Crippen LogP) is 4.13. The molecule has 0 aromatic heterocycles. The van der Waals surface area contributed by atoms with Gasteiger partial charge in [-0.1, -0.05) is 25.5 Å². The van der Waals surface area contributed by atoms with Crippen LogP contribution in [0.3, 0.4) is 0 Å². The van der Waals surface area contributed by atoms with E-state index in [2.05, 4.69) is 26.8 Å². The number of carbonyl (C=O) groups excluding carboxylic acids is 1. The predicted molar refractivity (Wildman–Crippen MR) is 82.4 cm³/mol. The van der Waals surface area contributed by atoms with E-state index in [1.807, 2.05) is 0 Å². The minimum Gasteiger partial charge on any atom is -0.393 e. The molecule has 1 N–H and O–H groups in total. The lowest BCUT2D eigenvalue weighted by molar-refractivity contribution is -0.116. The Hall–Kier alpha value is -0.630. The van der Waals surface area contributed by atoms with E-state index in [0.29, 0.717) is 12.3 Å². The van der Waals surface area contributed by atoms with Crippen LogP contribution >= 0.6 is 0 Å². The van der Waals surface area contributed by atoms with Crippen LogP contribution in [0.2, 0.25) is 0 Å². The molecule has 0 aromatic rings. The second-order valence-electron chi connectivity index (χ2n) is 7.67. The maximum absolute atomic E-state index is 10.9. The Labute approximate surface area is 123 Å².